The highest BCUT2D eigenvalue weighted by Crippen LogP contribution is 2.21. The topological polar surface area (TPSA) is 66.9 Å². The summed E-state index contributed by atoms with van der Waals surface area (Å²) >= 11 is 0. The van der Waals surface area contributed by atoms with Crippen molar-refractivity contribution in [3.63, 3.8) is 0 Å². The number of amides is 1. The van der Waals surface area contributed by atoms with Crippen LogP contribution in [0.3, 0.4) is 0 Å². The van der Waals surface area contributed by atoms with Crippen molar-refractivity contribution in [3.8, 4) is 5.75 Å². The molecule has 2 aromatic carbocycles. The number of hydrogen-bond donors (Lipinski definition) is 0. The smallest absolute Gasteiger partial charge is 0.387 e. The zero-order valence-corrected chi connectivity index (χ0v) is 15.4. The predicted molar refractivity (Wildman–Crippen MR) is 94.1 cm³/mol. The zero-order valence-electron chi connectivity index (χ0n) is 14.6. The molecule has 1 heterocycles. The number of ether oxygens (including phenoxy) is 1. The summed E-state index contributed by atoms with van der Waals surface area (Å²) in [5.41, 5.74) is 0.270. The summed E-state index contributed by atoms with van der Waals surface area (Å²) in [4.78, 5) is 13.6. The molecule has 0 bridgehead atoms. The van der Waals surface area contributed by atoms with Crippen molar-refractivity contribution in [3.05, 3.63) is 59.9 Å². The summed E-state index contributed by atoms with van der Waals surface area (Å²) in [6, 6.07) is 10.4. The summed E-state index contributed by atoms with van der Waals surface area (Å²) in [5.74, 6) is -1.24. The largest absolute Gasteiger partial charge is 0.435 e. The van der Waals surface area contributed by atoms with Crippen molar-refractivity contribution in [2.75, 3.05) is 26.2 Å². The van der Waals surface area contributed by atoms with Crippen molar-refractivity contribution < 1.29 is 31.1 Å². The fourth-order valence-electron chi connectivity index (χ4n) is 2.89. The Morgan fingerprint density at radius 2 is 1.57 bits per heavy atom. The molecule has 28 heavy (non-hydrogen) atoms. The number of alkyl halides is 2. The number of piperazine rings is 1. The van der Waals surface area contributed by atoms with Gasteiger partial charge in [-0.15, -0.1) is 0 Å². The van der Waals surface area contributed by atoms with Crippen LogP contribution in [0.1, 0.15) is 10.4 Å². The van der Waals surface area contributed by atoms with Crippen molar-refractivity contribution in [1.29, 1.82) is 0 Å². The van der Waals surface area contributed by atoms with Gasteiger partial charge in [-0.05, 0) is 36.4 Å². The quantitative estimate of drug-likeness (QED) is 0.754. The number of carbonyl (C=O) groups excluding carboxylic acids is 1. The van der Waals surface area contributed by atoms with E-state index in [2.05, 4.69) is 4.74 Å². The van der Waals surface area contributed by atoms with E-state index in [1.807, 2.05) is 0 Å². The lowest BCUT2D eigenvalue weighted by atomic mass is 10.2. The normalized spacial score (nSPS) is 15.6. The highest BCUT2D eigenvalue weighted by molar-refractivity contribution is 7.89. The van der Waals surface area contributed by atoms with Gasteiger partial charge < -0.3 is 9.64 Å². The van der Waals surface area contributed by atoms with Crippen LogP contribution in [0.5, 0.6) is 5.75 Å². The molecule has 6 nitrogen and oxygen atoms in total. The molecule has 0 radical (unpaired) electrons. The summed E-state index contributed by atoms with van der Waals surface area (Å²) in [5, 5.41) is 0. The summed E-state index contributed by atoms with van der Waals surface area (Å²) in [6.07, 6.45) is 0. The van der Waals surface area contributed by atoms with Crippen molar-refractivity contribution >= 4 is 15.9 Å². The van der Waals surface area contributed by atoms with Gasteiger partial charge in [-0.2, -0.15) is 13.1 Å². The Morgan fingerprint density at radius 3 is 2.14 bits per heavy atom. The molecular weight excluding hydrogens is 397 g/mol. The lowest BCUT2D eigenvalue weighted by Crippen LogP contribution is -2.50. The van der Waals surface area contributed by atoms with Crippen LogP contribution in [-0.4, -0.2) is 56.3 Å². The first kappa shape index (κ1) is 20.2. The highest BCUT2D eigenvalue weighted by atomic mass is 32.2. The number of rotatable bonds is 5. The maximum absolute atomic E-state index is 13.9. The van der Waals surface area contributed by atoms with Crippen LogP contribution in [-0.2, 0) is 10.0 Å². The predicted octanol–water partition coefficient (Wildman–Crippen LogP) is 2.57. The van der Waals surface area contributed by atoms with Gasteiger partial charge >= 0.3 is 6.61 Å². The minimum atomic E-state index is -3.99. The summed E-state index contributed by atoms with van der Waals surface area (Å²) in [6.45, 7) is -2.65. The number of halogens is 3. The second-order valence-electron chi connectivity index (χ2n) is 6.03. The van der Waals surface area contributed by atoms with Crippen LogP contribution in [0.25, 0.3) is 0 Å². The van der Waals surface area contributed by atoms with Crippen molar-refractivity contribution in [2.45, 2.75) is 11.5 Å². The molecule has 1 aliphatic heterocycles. The molecule has 0 aromatic heterocycles. The molecule has 0 atom stereocenters. The Bertz CT molecular complexity index is 944. The Hall–Kier alpha value is -2.59. The average Bonchev–Trinajstić information content (AvgIpc) is 2.68. The van der Waals surface area contributed by atoms with E-state index >= 15 is 0 Å². The molecule has 0 unspecified atom stereocenters. The van der Waals surface area contributed by atoms with Gasteiger partial charge in [-0.1, -0.05) is 12.1 Å². The van der Waals surface area contributed by atoms with Gasteiger partial charge in [-0.3, -0.25) is 4.79 Å². The molecule has 1 aliphatic rings. The van der Waals surface area contributed by atoms with E-state index in [1.165, 1.54) is 47.4 Å². The van der Waals surface area contributed by atoms with E-state index in [9.17, 15) is 26.4 Å². The summed E-state index contributed by atoms with van der Waals surface area (Å²) in [7, 11) is -3.99. The minimum absolute atomic E-state index is 0.0228. The van der Waals surface area contributed by atoms with Gasteiger partial charge in [0.15, 0.2) is 0 Å². The molecule has 0 N–H and O–H groups in total. The first-order valence-corrected chi connectivity index (χ1v) is 9.82. The zero-order chi connectivity index (χ0) is 20.3. The molecule has 150 valence electrons. The first-order chi connectivity index (χ1) is 13.3. The molecule has 3 rings (SSSR count). The molecule has 1 saturated heterocycles. The number of carbonyl (C=O) groups is 1. The van der Waals surface area contributed by atoms with Crippen molar-refractivity contribution in [2.24, 2.45) is 0 Å². The Morgan fingerprint density at radius 1 is 0.964 bits per heavy atom. The van der Waals surface area contributed by atoms with E-state index in [0.29, 0.717) is 0 Å². The monoisotopic (exact) mass is 414 g/mol. The third-order valence-corrected chi connectivity index (χ3v) is 6.24. The third-order valence-electron chi connectivity index (χ3n) is 4.31. The summed E-state index contributed by atoms with van der Waals surface area (Å²) < 4.78 is 68.7. The number of nitrogens with zero attached hydrogens (tertiary/aromatic N) is 2. The SMILES string of the molecule is O=C(c1ccc(OC(F)F)cc1)N1CCN(S(=O)(=O)c2ccccc2F)CC1. The Kier molecular flexibility index (Phi) is 5.90. The van der Waals surface area contributed by atoms with Gasteiger partial charge in [0, 0.05) is 31.7 Å². The maximum Gasteiger partial charge on any atom is 0.387 e. The Labute approximate surface area is 160 Å². The van der Waals surface area contributed by atoms with Gasteiger partial charge in [0.05, 0.1) is 0 Å². The molecule has 0 aliphatic carbocycles. The van der Waals surface area contributed by atoms with Gasteiger partial charge in [0.1, 0.15) is 16.5 Å². The fraction of sp³-hybridized carbons (Fsp3) is 0.278. The van der Waals surface area contributed by atoms with Crippen molar-refractivity contribution in [1.82, 2.24) is 9.21 Å². The highest BCUT2D eigenvalue weighted by Gasteiger charge is 2.32. The van der Waals surface area contributed by atoms with E-state index in [-0.39, 0.29) is 43.4 Å². The van der Waals surface area contributed by atoms with Gasteiger partial charge in [-0.25, -0.2) is 12.8 Å². The van der Waals surface area contributed by atoms with Crippen LogP contribution in [0.4, 0.5) is 13.2 Å². The van der Waals surface area contributed by atoms with Crippen LogP contribution in [0.2, 0.25) is 0 Å². The fourth-order valence-corrected chi connectivity index (χ4v) is 4.37. The molecule has 2 aromatic rings. The minimum Gasteiger partial charge on any atom is -0.435 e. The van der Waals surface area contributed by atoms with Gasteiger partial charge in [0.25, 0.3) is 5.91 Å². The standard InChI is InChI=1S/C18H17F3N2O4S/c19-15-3-1-2-4-16(15)28(25,26)23-11-9-22(10-12-23)17(24)13-5-7-14(8-6-13)27-18(20)21/h1-8,18H,9-12H2. The Balaban J connectivity index is 1.65. The number of hydrogen-bond acceptors (Lipinski definition) is 4. The van der Waals surface area contributed by atoms with Crippen LogP contribution in [0, 0.1) is 5.82 Å². The van der Waals surface area contributed by atoms with E-state index in [4.69, 9.17) is 0 Å². The molecule has 0 spiro atoms. The molecule has 1 fully saturated rings. The number of benzene rings is 2. The second-order valence-corrected chi connectivity index (χ2v) is 7.94. The third kappa shape index (κ3) is 4.28. The second kappa shape index (κ2) is 8.19. The molecule has 10 heteroatoms. The number of sulfonamides is 1. The lowest BCUT2D eigenvalue weighted by Gasteiger charge is -2.34. The van der Waals surface area contributed by atoms with Crippen LogP contribution >= 0.6 is 0 Å². The van der Waals surface area contributed by atoms with Crippen LogP contribution < -0.4 is 4.74 Å². The molecule has 1 amide bonds. The lowest BCUT2D eigenvalue weighted by molar-refractivity contribution is -0.0498. The van der Waals surface area contributed by atoms with E-state index in [1.54, 1.807) is 0 Å². The molecular formula is C18H17F3N2O4S. The van der Waals surface area contributed by atoms with E-state index in [0.717, 1.165) is 10.4 Å². The first-order valence-electron chi connectivity index (χ1n) is 8.38. The molecule has 0 saturated carbocycles. The van der Waals surface area contributed by atoms with Crippen LogP contribution in [0.15, 0.2) is 53.4 Å². The maximum atomic E-state index is 13.9. The average molecular weight is 414 g/mol. The van der Waals surface area contributed by atoms with E-state index < -0.39 is 27.3 Å². The van der Waals surface area contributed by atoms with Gasteiger partial charge in [0.2, 0.25) is 10.0 Å².